The van der Waals surface area contributed by atoms with Crippen molar-refractivity contribution in [3.05, 3.63) is 35.8 Å². The van der Waals surface area contributed by atoms with Gasteiger partial charge in [0.1, 0.15) is 5.82 Å². The SMILES string of the molecule is CCN1CCN(C(=O)c2cn(CC3CCCCC3)c3ccc(F)cc23)CC1.Cl. The van der Waals surface area contributed by atoms with E-state index in [1.54, 1.807) is 0 Å². The first kappa shape index (κ1) is 21.1. The number of benzene rings is 1. The van der Waals surface area contributed by atoms with Gasteiger partial charge in [-0.2, -0.15) is 0 Å². The van der Waals surface area contributed by atoms with Crippen LogP contribution in [0.3, 0.4) is 0 Å². The number of piperazine rings is 1. The van der Waals surface area contributed by atoms with Crippen LogP contribution < -0.4 is 0 Å². The van der Waals surface area contributed by atoms with Crippen LogP contribution in [0.2, 0.25) is 0 Å². The van der Waals surface area contributed by atoms with E-state index in [0.29, 0.717) is 11.5 Å². The molecule has 1 aliphatic carbocycles. The quantitative estimate of drug-likeness (QED) is 0.743. The number of carbonyl (C=O) groups is 1. The summed E-state index contributed by atoms with van der Waals surface area (Å²) in [6.07, 6.45) is 8.42. The molecule has 4 rings (SSSR count). The number of amides is 1. The molecule has 2 aliphatic rings. The van der Waals surface area contributed by atoms with Gasteiger partial charge in [-0.1, -0.05) is 26.2 Å². The van der Waals surface area contributed by atoms with Crippen molar-refractivity contribution in [3.8, 4) is 0 Å². The Balaban J connectivity index is 0.00000225. The first-order valence-electron chi connectivity index (χ1n) is 10.5. The van der Waals surface area contributed by atoms with Crippen LogP contribution in [0, 0.1) is 11.7 Å². The molecule has 0 radical (unpaired) electrons. The number of halogens is 2. The minimum Gasteiger partial charge on any atom is -0.346 e. The highest BCUT2D eigenvalue weighted by Gasteiger charge is 2.25. The van der Waals surface area contributed by atoms with Gasteiger partial charge in [0.2, 0.25) is 0 Å². The van der Waals surface area contributed by atoms with E-state index >= 15 is 0 Å². The van der Waals surface area contributed by atoms with Crippen LogP contribution in [-0.2, 0) is 6.54 Å². The smallest absolute Gasteiger partial charge is 0.256 e. The summed E-state index contributed by atoms with van der Waals surface area (Å²) in [4.78, 5) is 17.5. The molecule has 6 heteroatoms. The normalized spacial score (nSPS) is 19.0. The van der Waals surface area contributed by atoms with Crippen LogP contribution in [0.25, 0.3) is 10.9 Å². The predicted octanol–water partition coefficient (Wildman–Crippen LogP) is 4.56. The van der Waals surface area contributed by atoms with Gasteiger partial charge in [0.05, 0.1) is 5.56 Å². The molecule has 0 spiro atoms. The summed E-state index contributed by atoms with van der Waals surface area (Å²) in [5.74, 6) is 0.432. The van der Waals surface area contributed by atoms with Crippen LogP contribution in [0.15, 0.2) is 24.4 Å². The van der Waals surface area contributed by atoms with Gasteiger partial charge in [0, 0.05) is 49.8 Å². The van der Waals surface area contributed by atoms with Crippen LogP contribution in [0.1, 0.15) is 49.4 Å². The molecule has 2 fully saturated rings. The molecule has 4 nitrogen and oxygen atoms in total. The fourth-order valence-corrected chi connectivity index (χ4v) is 4.68. The molecule has 28 heavy (non-hydrogen) atoms. The molecule has 0 N–H and O–H groups in total. The molecular formula is C22H31ClFN3O. The molecule has 0 atom stereocenters. The fourth-order valence-electron chi connectivity index (χ4n) is 4.68. The Morgan fingerprint density at radius 1 is 1.11 bits per heavy atom. The molecule has 2 heterocycles. The van der Waals surface area contributed by atoms with Crippen molar-refractivity contribution in [2.24, 2.45) is 5.92 Å². The number of fused-ring (bicyclic) bond motifs is 1. The molecular weight excluding hydrogens is 377 g/mol. The molecule has 0 bridgehead atoms. The lowest BCUT2D eigenvalue weighted by molar-refractivity contribution is 0.0645. The van der Waals surface area contributed by atoms with Gasteiger partial charge in [0.25, 0.3) is 5.91 Å². The Bertz CT molecular complexity index is 807. The summed E-state index contributed by atoms with van der Waals surface area (Å²) < 4.78 is 16.1. The lowest BCUT2D eigenvalue weighted by Gasteiger charge is -2.34. The maximum atomic E-state index is 13.9. The average Bonchev–Trinajstić information content (AvgIpc) is 3.05. The van der Waals surface area contributed by atoms with Crippen molar-refractivity contribution in [3.63, 3.8) is 0 Å². The van der Waals surface area contributed by atoms with E-state index in [2.05, 4.69) is 16.4 Å². The lowest BCUT2D eigenvalue weighted by Crippen LogP contribution is -2.48. The minimum absolute atomic E-state index is 0. The van der Waals surface area contributed by atoms with E-state index in [4.69, 9.17) is 0 Å². The van der Waals surface area contributed by atoms with Gasteiger partial charge in [-0.25, -0.2) is 4.39 Å². The molecule has 1 amide bonds. The second-order valence-electron chi connectivity index (χ2n) is 8.09. The molecule has 154 valence electrons. The van der Waals surface area contributed by atoms with Crippen molar-refractivity contribution < 1.29 is 9.18 Å². The zero-order chi connectivity index (χ0) is 18.8. The topological polar surface area (TPSA) is 28.5 Å². The van der Waals surface area contributed by atoms with Crippen molar-refractivity contribution in [2.45, 2.75) is 45.6 Å². The number of aromatic nitrogens is 1. The van der Waals surface area contributed by atoms with Gasteiger partial charge in [-0.05, 0) is 43.5 Å². The first-order valence-corrected chi connectivity index (χ1v) is 10.5. The summed E-state index contributed by atoms with van der Waals surface area (Å²) in [6.45, 7) is 7.43. The number of likely N-dealkylation sites (N-methyl/N-ethyl adjacent to an activating group) is 1. The molecule has 1 aliphatic heterocycles. The number of carbonyl (C=O) groups excluding carboxylic acids is 1. The van der Waals surface area contributed by atoms with Gasteiger partial charge in [0.15, 0.2) is 0 Å². The number of nitrogens with zero attached hydrogens (tertiary/aromatic N) is 3. The van der Waals surface area contributed by atoms with Gasteiger partial charge in [-0.15, -0.1) is 12.4 Å². The third-order valence-electron chi connectivity index (χ3n) is 6.36. The van der Waals surface area contributed by atoms with Crippen molar-refractivity contribution in [1.82, 2.24) is 14.4 Å². The van der Waals surface area contributed by atoms with Crippen LogP contribution in [0.4, 0.5) is 4.39 Å². The van der Waals surface area contributed by atoms with Crippen molar-refractivity contribution in [1.29, 1.82) is 0 Å². The monoisotopic (exact) mass is 407 g/mol. The molecule has 1 aromatic carbocycles. The number of hydrogen-bond acceptors (Lipinski definition) is 2. The van der Waals surface area contributed by atoms with E-state index in [-0.39, 0.29) is 24.1 Å². The Morgan fingerprint density at radius 2 is 1.82 bits per heavy atom. The zero-order valence-electron chi connectivity index (χ0n) is 16.7. The Kier molecular flexibility index (Phi) is 7.00. The Morgan fingerprint density at radius 3 is 2.50 bits per heavy atom. The summed E-state index contributed by atoms with van der Waals surface area (Å²) >= 11 is 0. The fraction of sp³-hybridized carbons (Fsp3) is 0.591. The van der Waals surface area contributed by atoms with Crippen molar-refractivity contribution in [2.75, 3.05) is 32.7 Å². The van der Waals surface area contributed by atoms with E-state index in [0.717, 1.165) is 50.2 Å². The molecule has 1 saturated carbocycles. The Labute approximate surface area is 173 Å². The van der Waals surface area contributed by atoms with E-state index in [9.17, 15) is 9.18 Å². The maximum absolute atomic E-state index is 13.9. The van der Waals surface area contributed by atoms with E-state index in [1.807, 2.05) is 17.2 Å². The molecule has 2 aromatic rings. The highest BCUT2D eigenvalue weighted by Crippen LogP contribution is 2.29. The summed E-state index contributed by atoms with van der Waals surface area (Å²) in [6, 6.07) is 4.87. The summed E-state index contributed by atoms with van der Waals surface area (Å²) in [7, 11) is 0. The minimum atomic E-state index is -0.275. The highest BCUT2D eigenvalue weighted by atomic mass is 35.5. The Hall–Kier alpha value is -1.59. The molecule has 0 unspecified atom stereocenters. The van der Waals surface area contributed by atoms with E-state index in [1.165, 1.54) is 44.2 Å². The first-order chi connectivity index (χ1) is 13.2. The summed E-state index contributed by atoms with van der Waals surface area (Å²) in [5, 5.41) is 0.758. The van der Waals surface area contributed by atoms with Crippen LogP contribution in [0.5, 0.6) is 0 Å². The lowest BCUT2D eigenvalue weighted by atomic mass is 9.89. The summed E-state index contributed by atoms with van der Waals surface area (Å²) in [5.41, 5.74) is 1.64. The van der Waals surface area contributed by atoms with Crippen LogP contribution >= 0.6 is 12.4 Å². The van der Waals surface area contributed by atoms with Crippen LogP contribution in [-0.4, -0.2) is 53.0 Å². The maximum Gasteiger partial charge on any atom is 0.256 e. The second-order valence-corrected chi connectivity index (χ2v) is 8.09. The zero-order valence-corrected chi connectivity index (χ0v) is 17.5. The largest absolute Gasteiger partial charge is 0.346 e. The third-order valence-corrected chi connectivity index (χ3v) is 6.36. The number of hydrogen-bond donors (Lipinski definition) is 0. The third kappa shape index (κ3) is 4.36. The molecule has 1 saturated heterocycles. The van der Waals surface area contributed by atoms with Gasteiger partial charge >= 0.3 is 0 Å². The number of rotatable bonds is 4. The van der Waals surface area contributed by atoms with Crippen molar-refractivity contribution >= 4 is 29.2 Å². The predicted molar refractivity (Wildman–Crippen MR) is 114 cm³/mol. The van der Waals surface area contributed by atoms with E-state index < -0.39 is 0 Å². The standard InChI is InChI=1S/C22H30FN3O.ClH/c1-2-24-10-12-25(13-11-24)22(27)20-16-26(15-17-6-4-3-5-7-17)21-9-8-18(23)14-19(20)21;/h8-9,14,16-17H,2-7,10-13,15H2,1H3;1H. The average molecular weight is 408 g/mol. The van der Waals surface area contributed by atoms with Gasteiger partial charge < -0.3 is 14.4 Å². The second kappa shape index (κ2) is 9.27. The molecule has 1 aromatic heterocycles. The highest BCUT2D eigenvalue weighted by molar-refractivity contribution is 6.07. The van der Waals surface area contributed by atoms with Gasteiger partial charge in [-0.3, -0.25) is 4.79 Å².